The Morgan fingerprint density at radius 1 is 1.17 bits per heavy atom. The lowest BCUT2D eigenvalue weighted by Crippen LogP contribution is -2.40. The van der Waals surface area contributed by atoms with Gasteiger partial charge in [-0.2, -0.15) is 0 Å². The molecule has 2 aromatic carbocycles. The largest absolute Gasteiger partial charge is 0.505 e. The van der Waals surface area contributed by atoms with E-state index in [9.17, 15) is 9.50 Å². The van der Waals surface area contributed by atoms with E-state index >= 15 is 0 Å². The molecule has 0 spiro atoms. The van der Waals surface area contributed by atoms with Crippen LogP contribution in [0.5, 0.6) is 5.75 Å². The summed E-state index contributed by atoms with van der Waals surface area (Å²) in [4.78, 5) is 4.22. The molecule has 0 radical (unpaired) electrons. The fraction of sp³-hybridized carbons (Fsp3) is 0.316. The van der Waals surface area contributed by atoms with Crippen LogP contribution in [-0.4, -0.2) is 24.7 Å². The molecule has 2 aromatic rings. The van der Waals surface area contributed by atoms with Gasteiger partial charge in [0.15, 0.2) is 17.5 Å². The molecule has 126 valence electrons. The van der Waals surface area contributed by atoms with Gasteiger partial charge in [-0.15, -0.1) is 0 Å². The van der Waals surface area contributed by atoms with E-state index in [1.165, 1.54) is 30.5 Å². The third-order valence-corrected chi connectivity index (χ3v) is 4.53. The molecular weight excluding hydrogens is 305 g/mol. The quantitative estimate of drug-likeness (QED) is 0.585. The smallest absolute Gasteiger partial charge is 0.191 e. The van der Waals surface area contributed by atoms with Gasteiger partial charge in [0.1, 0.15) is 0 Å². The first kappa shape index (κ1) is 16.3. The number of hydrogen-bond acceptors (Lipinski definition) is 2. The normalized spacial score (nSPS) is 15.8. The molecular formula is C19H22FN3O. The number of nitrogens with zero attached hydrogens (tertiary/aromatic N) is 1. The Kier molecular flexibility index (Phi) is 4.69. The van der Waals surface area contributed by atoms with Gasteiger partial charge in [-0.1, -0.05) is 36.4 Å². The summed E-state index contributed by atoms with van der Waals surface area (Å²) in [7, 11) is 1.72. The van der Waals surface area contributed by atoms with Crippen LogP contribution in [0.3, 0.4) is 0 Å². The average molecular weight is 327 g/mol. The molecule has 0 atom stereocenters. The van der Waals surface area contributed by atoms with Crippen molar-refractivity contribution in [2.24, 2.45) is 4.99 Å². The van der Waals surface area contributed by atoms with Gasteiger partial charge in [0, 0.05) is 25.6 Å². The summed E-state index contributed by atoms with van der Waals surface area (Å²) in [6.07, 6.45) is 2.34. The van der Waals surface area contributed by atoms with Gasteiger partial charge in [-0.3, -0.25) is 4.99 Å². The van der Waals surface area contributed by atoms with Gasteiger partial charge in [-0.25, -0.2) is 4.39 Å². The highest BCUT2D eigenvalue weighted by molar-refractivity contribution is 5.79. The summed E-state index contributed by atoms with van der Waals surface area (Å²) in [6.45, 7) is 1.26. The second kappa shape index (κ2) is 6.91. The maximum absolute atomic E-state index is 13.4. The van der Waals surface area contributed by atoms with Crippen molar-refractivity contribution in [3.05, 3.63) is 65.5 Å². The number of aromatic hydroxyl groups is 1. The Balaban J connectivity index is 1.55. The van der Waals surface area contributed by atoms with Crippen molar-refractivity contribution < 1.29 is 9.50 Å². The third kappa shape index (κ3) is 3.67. The van der Waals surface area contributed by atoms with Gasteiger partial charge < -0.3 is 15.7 Å². The Hall–Kier alpha value is -2.56. The predicted octanol–water partition coefficient (Wildman–Crippen LogP) is 2.93. The van der Waals surface area contributed by atoms with Gasteiger partial charge >= 0.3 is 0 Å². The number of phenols is 1. The molecule has 1 saturated carbocycles. The molecule has 1 aliphatic rings. The lowest BCUT2D eigenvalue weighted by molar-refractivity contribution is 0.431. The summed E-state index contributed by atoms with van der Waals surface area (Å²) in [5, 5.41) is 15.8. The van der Waals surface area contributed by atoms with E-state index in [4.69, 9.17) is 0 Å². The number of halogens is 1. The van der Waals surface area contributed by atoms with Crippen LogP contribution in [0, 0.1) is 5.82 Å². The first-order valence-corrected chi connectivity index (χ1v) is 8.10. The van der Waals surface area contributed by atoms with Crippen molar-refractivity contribution in [1.82, 2.24) is 10.6 Å². The van der Waals surface area contributed by atoms with Crippen molar-refractivity contribution in [2.75, 3.05) is 13.6 Å². The zero-order valence-corrected chi connectivity index (χ0v) is 13.7. The van der Waals surface area contributed by atoms with Crippen LogP contribution in [0.4, 0.5) is 4.39 Å². The van der Waals surface area contributed by atoms with Crippen LogP contribution in [0.2, 0.25) is 0 Å². The maximum atomic E-state index is 13.4. The fourth-order valence-electron chi connectivity index (χ4n) is 2.83. The number of benzene rings is 2. The number of nitrogens with one attached hydrogen (secondary N) is 2. The van der Waals surface area contributed by atoms with Crippen molar-refractivity contribution in [1.29, 1.82) is 0 Å². The van der Waals surface area contributed by atoms with Crippen LogP contribution in [0.15, 0.2) is 53.5 Å². The monoisotopic (exact) mass is 327 g/mol. The van der Waals surface area contributed by atoms with Crippen LogP contribution in [0.1, 0.15) is 24.0 Å². The van der Waals surface area contributed by atoms with E-state index in [1.54, 1.807) is 13.1 Å². The summed E-state index contributed by atoms with van der Waals surface area (Å²) in [5.74, 6) is -0.260. The number of aliphatic imine (C=N–C) groups is 1. The highest BCUT2D eigenvalue weighted by atomic mass is 19.1. The molecule has 5 heteroatoms. The maximum Gasteiger partial charge on any atom is 0.191 e. The molecule has 0 saturated heterocycles. The number of rotatable bonds is 5. The second-order valence-corrected chi connectivity index (χ2v) is 6.21. The molecule has 1 fully saturated rings. The van der Waals surface area contributed by atoms with Gasteiger partial charge in [0.05, 0.1) is 0 Å². The van der Waals surface area contributed by atoms with Crippen LogP contribution >= 0.6 is 0 Å². The molecule has 3 rings (SSSR count). The zero-order chi connectivity index (χ0) is 17.0. The first-order chi connectivity index (χ1) is 11.6. The number of hydrogen-bond donors (Lipinski definition) is 3. The van der Waals surface area contributed by atoms with E-state index in [0.29, 0.717) is 12.5 Å². The lowest BCUT2D eigenvalue weighted by Gasteiger charge is -2.19. The van der Waals surface area contributed by atoms with Gasteiger partial charge in [0.2, 0.25) is 0 Å². The fourth-order valence-corrected chi connectivity index (χ4v) is 2.83. The Labute approximate surface area is 141 Å². The molecule has 0 aliphatic heterocycles. The minimum Gasteiger partial charge on any atom is -0.505 e. The summed E-state index contributed by atoms with van der Waals surface area (Å²) in [5.41, 5.74) is 2.30. The lowest BCUT2D eigenvalue weighted by atomic mass is 9.96. The minimum absolute atomic E-state index is 0.198. The van der Waals surface area contributed by atoms with Gasteiger partial charge in [0.25, 0.3) is 0 Å². The van der Waals surface area contributed by atoms with E-state index in [0.717, 1.165) is 12.1 Å². The van der Waals surface area contributed by atoms with Crippen LogP contribution in [-0.2, 0) is 12.0 Å². The molecule has 0 bridgehead atoms. The standard InChI is InChI=1S/C19H22FN3O/c1-21-18(22-12-14-7-8-17(24)16(20)11-14)23-13-19(9-10-19)15-5-3-2-4-6-15/h2-8,11,24H,9-10,12-13H2,1H3,(H2,21,22,23). The Bertz CT molecular complexity index is 727. The molecule has 4 nitrogen and oxygen atoms in total. The highest BCUT2D eigenvalue weighted by Gasteiger charge is 2.43. The molecule has 1 aliphatic carbocycles. The molecule has 24 heavy (non-hydrogen) atoms. The van der Waals surface area contributed by atoms with Crippen molar-refractivity contribution in [3.8, 4) is 5.75 Å². The first-order valence-electron chi connectivity index (χ1n) is 8.10. The second-order valence-electron chi connectivity index (χ2n) is 6.21. The highest BCUT2D eigenvalue weighted by Crippen LogP contribution is 2.47. The van der Waals surface area contributed by atoms with Gasteiger partial charge in [-0.05, 0) is 36.1 Å². The SMILES string of the molecule is CN=C(NCc1ccc(O)c(F)c1)NCC1(c2ccccc2)CC1. The molecule has 0 aromatic heterocycles. The molecule has 0 heterocycles. The molecule has 0 amide bonds. The Morgan fingerprint density at radius 2 is 1.92 bits per heavy atom. The Morgan fingerprint density at radius 3 is 2.54 bits per heavy atom. The summed E-state index contributed by atoms with van der Waals surface area (Å²) >= 11 is 0. The number of guanidine groups is 1. The van der Waals surface area contributed by atoms with Crippen LogP contribution in [0.25, 0.3) is 0 Å². The van der Waals surface area contributed by atoms with Crippen molar-refractivity contribution >= 4 is 5.96 Å². The predicted molar refractivity (Wildman–Crippen MR) is 93.6 cm³/mol. The third-order valence-electron chi connectivity index (χ3n) is 4.53. The molecule has 0 unspecified atom stereocenters. The van der Waals surface area contributed by atoms with E-state index in [2.05, 4.69) is 39.9 Å². The van der Waals surface area contributed by atoms with Crippen molar-refractivity contribution in [2.45, 2.75) is 24.8 Å². The van der Waals surface area contributed by atoms with E-state index in [-0.39, 0.29) is 11.2 Å². The van der Waals surface area contributed by atoms with E-state index in [1.807, 2.05) is 6.07 Å². The number of phenolic OH excluding ortho intramolecular Hbond substituents is 1. The zero-order valence-electron chi connectivity index (χ0n) is 13.7. The van der Waals surface area contributed by atoms with E-state index < -0.39 is 5.82 Å². The van der Waals surface area contributed by atoms with Crippen molar-refractivity contribution in [3.63, 3.8) is 0 Å². The summed E-state index contributed by atoms with van der Waals surface area (Å²) < 4.78 is 13.4. The summed E-state index contributed by atoms with van der Waals surface area (Å²) in [6, 6.07) is 14.9. The van der Waals surface area contributed by atoms with Crippen LogP contribution < -0.4 is 10.6 Å². The average Bonchev–Trinajstić information content (AvgIpc) is 3.40. The topological polar surface area (TPSA) is 56.7 Å². The molecule has 3 N–H and O–H groups in total. The minimum atomic E-state index is -0.613.